The van der Waals surface area contributed by atoms with E-state index in [9.17, 15) is 20.2 Å². The molecule has 19 heavy (non-hydrogen) atoms. The Balaban J connectivity index is 2.42. The van der Waals surface area contributed by atoms with Crippen LogP contribution in [0.2, 0.25) is 0 Å². The van der Waals surface area contributed by atoms with Gasteiger partial charge in [-0.1, -0.05) is 0 Å². The van der Waals surface area contributed by atoms with Gasteiger partial charge in [-0.3, -0.25) is 20.2 Å². The summed E-state index contributed by atoms with van der Waals surface area (Å²) in [6.45, 7) is 0. The maximum Gasteiger partial charge on any atom is 0.301 e. The van der Waals surface area contributed by atoms with Crippen molar-refractivity contribution in [3.8, 4) is 0 Å². The molecular weight excluding hydrogens is 272 g/mol. The molecule has 2 aromatic heterocycles. The quantitative estimate of drug-likeness (QED) is 0.623. The van der Waals surface area contributed by atoms with E-state index in [4.69, 9.17) is 0 Å². The molecule has 0 saturated heterocycles. The zero-order valence-corrected chi connectivity index (χ0v) is 10.1. The third-order valence-electron chi connectivity index (χ3n) is 2.09. The molecule has 96 valence electrons. The van der Waals surface area contributed by atoms with Crippen LogP contribution in [0.15, 0.2) is 46.7 Å². The summed E-state index contributed by atoms with van der Waals surface area (Å²) in [4.78, 5) is 28.2. The highest BCUT2D eigenvalue weighted by Gasteiger charge is 2.21. The normalized spacial score (nSPS) is 10.1. The summed E-state index contributed by atoms with van der Waals surface area (Å²) in [7, 11) is 0. The van der Waals surface area contributed by atoms with Gasteiger partial charge in [0.05, 0.1) is 9.85 Å². The number of rotatable bonds is 4. The van der Waals surface area contributed by atoms with Crippen molar-refractivity contribution >= 4 is 23.1 Å². The number of hydrogen-bond acceptors (Lipinski definition) is 7. The lowest BCUT2D eigenvalue weighted by molar-refractivity contribution is -0.388. The second-order valence-corrected chi connectivity index (χ2v) is 4.25. The van der Waals surface area contributed by atoms with Crippen LogP contribution in [-0.4, -0.2) is 19.8 Å². The standard InChI is InChI=1S/C10H6N4O4S/c15-13(16)7-3-1-5-11-9(7)19-10-8(14(17)18)4-2-6-12-10/h1-6H. The minimum atomic E-state index is -0.593. The Morgan fingerprint density at radius 2 is 1.32 bits per heavy atom. The molecule has 2 aromatic rings. The van der Waals surface area contributed by atoms with Crippen molar-refractivity contribution in [2.24, 2.45) is 0 Å². The van der Waals surface area contributed by atoms with Crippen molar-refractivity contribution in [2.45, 2.75) is 10.1 Å². The third-order valence-corrected chi connectivity index (χ3v) is 3.10. The van der Waals surface area contributed by atoms with E-state index in [-0.39, 0.29) is 21.4 Å². The molecule has 0 aliphatic rings. The van der Waals surface area contributed by atoms with Crippen molar-refractivity contribution in [3.63, 3.8) is 0 Å². The summed E-state index contributed by atoms with van der Waals surface area (Å²) in [5.41, 5.74) is -0.431. The molecule has 0 spiro atoms. The minimum Gasteiger partial charge on any atom is -0.258 e. The Kier molecular flexibility index (Phi) is 3.66. The molecule has 0 atom stereocenters. The lowest BCUT2D eigenvalue weighted by Gasteiger charge is -2.01. The van der Waals surface area contributed by atoms with Gasteiger partial charge in [-0.2, -0.15) is 0 Å². The van der Waals surface area contributed by atoms with Crippen LogP contribution in [0.4, 0.5) is 11.4 Å². The van der Waals surface area contributed by atoms with Crippen molar-refractivity contribution in [2.75, 3.05) is 0 Å². The highest BCUT2D eigenvalue weighted by Crippen LogP contribution is 2.35. The minimum absolute atomic E-state index is 0.0642. The number of pyridine rings is 2. The van der Waals surface area contributed by atoms with Gasteiger partial charge in [-0.15, -0.1) is 0 Å². The first-order valence-corrected chi connectivity index (χ1v) is 5.78. The SMILES string of the molecule is O=[N+]([O-])c1cccnc1Sc1ncccc1[N+](=O)[O-]. The van der Waals surface area contributed by atoms with Gasteiger partial charge in [0.2, 0.25) is 0 Å². The first-order valence-electron chi connectivity index (χ1n) is 4.96. The second kappa shape index (κ2) is 5.40. The number of nitrogens with zero attached hydrogens (tertiary/aromatic N) is 4. The Labute approximate surface area is 110 Å². The fraction of sp³-hybridized carbons (Fsp3) is 0. The predicted molar refractivity (Wildman–Crippen MR) is 65.9 cm³/mol. The molecule has 0 aliphatic carbocycles. The van der Waals surface area contributed by atoms with Gasteiger partial charge < -0.3 is 0 Å². The fourth-order valence-electron chi connectivity index (χ4n) is 1.29. The zero-order valence-electron chi connectivity index (χ0n) is 9.29. The van der Waals surface area contributed by atoms with Gasteiger partial charge in [-0.05, 0) is 23.9 Å². The topological polar surface area (TPSA) is 112 Å². The van der Waals surface area contributed by atoms with E-state index in [1.54, 1.807) is 0 Å². The molecule has 0 N–H and O–H groups in total. The first-order chi connectivity index (χ1) is 9.09. The van der Waals surface area contributed by atoms with Crippen molar-refractivity contribution in [3.05, 3.63) is 56.9 Å². The molecule has 2 rings (SSSR count). The second-order valence-electron chi connectivity index (χ2n) is 3.27. The molecule has 9 heteroatoms. The van der Waals surface area contributed by atoms with E-state index in [2.05, 4.69) is 9.97 Å². The summed E-state index contributed by atoms with van der Waals surface area (Å²) in [5, 5.41) is 21.8. The van der Waals surface area contributed by atoms with E-state index in [1.165, 1.54) is 36.7 Å². The van der Waals surface area contributed by atoms with Crippen molar-refractivity contribution in [1.82, 2.24) is 9.97 Å². The Morgan fingerprint density at radius 1 is 0.895 bits per heavy atom. The molecule has 0 aliphatic heterocycles. The third kappa shape index (κ3) is 2.83. The van der Waals surface area contributed by atoms with Gasteiger partial charge in [0.15, 0.2) is 10.1 Å². The highest BCUT2D eigenvalue weighted by molar-refractivity contribution is 7.99. The van der Waals surface area contributed by atoms with Crippen molar-refractivity contribution in [1.29, 1.82) is 0 Å². The monoisotopic (exact) mass is 278 g/mol. The number of nitro groups is 2. The maximum absolute atomic E-state index is 10.8. The molecule has 0 fully saturated rings. The molecule has 0 saturated carbocycles. The van der Waals surface area contributed by atoms with Gasteiger partial charge in [-0.25, -0.2) is 9.97 Å². The van der Waals surface area contributed by atoms with Gasteiger partial charge >= 0.3 is 11.4 Å². The molecule has 0 unspecified atom stereocenters. The van der Waals surface area contributed by atoms with Crippen LogP contribution in [0.5, 0.6) is 0 Å². The van der Waals surface area contributed by atoms with Crippen LogP contribution in [0, 0.1) is 20.2 Å². The van der Waals surface area contributed by atoms with Gasteiger partial charge in [0.25, 0.3) is 0 Å². The van der Waals surface area contributed by atoms with Crippen LogP contribution in [-0.2, 0) is 0 Å². The lowest BCUT2D eigenvalue weighted by Crippen LogP contribution is -1.96. The molecule has 0 bridgehead atoms. The van der Waals surface area contributed by atoms with Crippen LogP contribution >= 0.6 is 11.8 Å². The van der Waals surface area contributed by atoms with Crippen LogP contribution in [0.25, 0.3) is 0 Å². The lowest BCUT2D eigenvalue weighted by atomic mass is 10.4. The molecule has 0 radical (unpaired) electrons. The van der Waals surface area contributed by atoms with Gasteiger partial charge in [0.1, 0.15) is 0 Å². The summed E-state index contributed by atoms with van der Waals surface area (Å²) < 4.78 is 0. The smallest absolute Gasteiger partial charge is 0.258 e. The number of hydrogen-bond donors (Lipinski definition) is 0. The zero-order chi connectivity index (χ0) is 13.8. The largest absolute Gasteiger partial charge is 0.301 e. The summed E-state index contributed by atoms with van der Waals surface area (Å²) in [5.74, 6) is 0. The van der Waals surface area contributed by atoms with E-state index >= 15 is 0 Å². The summed E-state index contributed by atoms with van der Waals surface area (Å²) >= 11 is 0.792. The molecule has 2 heterocycles. The van der Waals surface area contributed by atoms with Crippen LogP contribution in [0.3, 0.4) is 0 Å². The van der Waals surface area contributed by atoms with Crippen molar-refractivity contribution < 1.29 is 9.85 Å². The predicted octanol–water partition coefficient (Wildman–Crippen LogP) is 2.44. The summed E-state index contributed by atoms with van der Waals surface area (Å²) in [6.07, 6.45) is 2.76. The molecule has 0 amide bonds. The average molecular weight is 278 g/mol. The van der Waals surface area contributed by atoms with Gasteiger partial charge in [0, 0.05) is 24.5 Å². The summed E-state index contributed by atoms with van der Waals surface area (Å²) in [6, 6.07) is 5.41. The average Bonchev–Trinajstić information content (AvgIpc) is 2.39. The maximum atomic E-state index is 10.8. The van der Waals surface area contributed by atoms with E-state index < -0.39 is 9.85 Å². The highest BCUT2D eigenvalue weighted by atomic mass is 32.2. The Hall–Kier alpha value is -2.55. The Morgan fingerprint density at radius 3 is 1.68 bits per heavy atom. The Bertz CT molecular complexity index is 593. The molecular formula is C10H6N4O4S. The molecule has 0 aromatic carbocycles. The first kappa shape index (κ1) is 12.9. The van der Waals surface area contributed by atoms with E-state index in [0.29, 0.717) is 0 Å². The number of aromatic nitrogens is 2. The molecule has 8 nitrogen and oxygen atoms in total. The fourth-order valence-corrected chi connectivity index (χ4v) is 2.20. The van der Waals surface area contributed by atoms with Crippen LogP contribution < -0.4 is 0 Å². The van der Waals surface area contributed by atoms with Crippen LogP contribution in [0.1, 0.15) is 0 Å². The van der Waals surface area contributed by atoms with E-state index in [1.807, 2.05) is 0 Å². The van der Waals surface area contributed by atoms with E-state index in [0.717, 1.165) is 11.8 Å².